The molecule has 0 saturated carbocycles. The molecule has 0 saturated heterocycles. The van der Waals surface area contributed by atoms with Gasteiger partial charge in [0.05, 0.1) is 5.02 Å². The normalized spacial score (nSPS) is 10.4. The number of aliphatic carboxylic acids is 1. The molecule has 0 unspecified atom stereocenters. The lowest BCUT2D eigenvalue weighted by Gasteiger charge is -2.10. The van der Waals surface area contributed by atoms with E-state index in [-0.39, 0.29) is 32.0 Å². The maximum absolute atomic E-state index is 12.3. The lowest BCUT2D eigenvalue weighted by Crippen LogP contribution is -2.10. The third-order valence-electron chi connectivity index (χ3n) is 2.49. The van der Waals surface area contributed by atoms with E-state index in [0.717, 1.165) is 11.3 Å². The van der Waals surface area contributed by atoms with Crippen molar-refractivity contribution in [3.05, 3.63) is 44.1 Å². The molecule has 2 aromatic rings. The molecule has 110 valence electrons. The number of carboxylic acid groups (broad SMARTS) is 1. The van der Waals surface area contributed by atoms with Crippen LogP contribution < -0.4 is 4.74 Å². The van der Waals surface area contributed by atoms with Crippen LogP contribution in [-0.4, -0.2) is 28.6 Å². The van der Waals surface area contributed by atoms with Gasteiger partial charge in [0.25, 0.3) is 0 Å². The number of carbonyl (C=O) groups excluding carboxylic acids is 1. The van der Waals surface area contributed by atoms with Gasteiger partial charge in [0.15, 0.2) is 6.61 Å². The average Bonchev–Trinajstić information content (AvgIpc) is 2.86. The van der Waals surface area contributed by atoms with Gasteiger partial charge in [-0.05, 0) is 23.6 Å². The van der Waals surface area contributed by atoms with Gasteiger partial charge in [0.1, 0.15) is 21.4 Å². The molecular weight excluding hydrogens is 339 g/mol. The molecule has 0 atom stereocenters. The number of hydrogen-bond acceptors (Lipinski definition) is 5. The Labute approximate surface area is 133 Å². The van der Waals surface area contributed by atoms with Crippen LogP contribution in [0.3, 0.4) is 0 Å². The van der Waals surface area contributed by atoms with Crippen molar-refractivity contribution in [3.8, 4) is 11.5 Å². The van der Waals surface area contributed by atoms with Crippen molar-refractivity contribution in [1.29, 1.82) is 0 Å². The van der Waals surface area contributed by atoms with Crippen LogP contribution >= 0.6 is 34.5 Å². The fraction of sp³-hybridized carbons (Fsp3) is 0.0769. The SMILES string of the molecule is O=C(O)COc1ccc(C(=O)c2sccc2O)c(Cl)c1Cl. The van der Waals surface area contributed by atoms with Crippen molar-refractivity contribution < 1.29 is 24.5 Å². The molecule has 0 amide bonds. The molecule has 1 aromatic heterocycles. The number of ether oxygens (including phenoxy) is 1. The maximum atomic E-state index is 12.3. The minimum absolute atomic E-state index is 0.0557. The summed E-state index contributed by atoms with van der Waals surface area (Å²) in [7, 11) is 0. The zero-order valence-electron chi connectivity index (χ0n) is 10.3. The van der Waals surface area contributed by atoms with Gasteiger partial charge in [-0.25, -0.2) is 4.79 Å². The standard InChI is InChI=1S/C13H8Cl2O5S/c14-10-6(12(19)13-7(16)3-4-21-13)1-2-8(11(10)15)20-5-9(17)18/h1-4,16H,5H2,(H,17,18). The van der Waals surface area contributed by atoms with Crippen LogP contribution in [0.1, 0.15) is 15.2 Å². The maximum Gasteiger partial charge on any atom is 0.341 e. The number of hydrogen-bond donors (Lipinski definition) is 2. The van der Waals surface area contributed by atoms with Gasteiger partial charge in [-0.2, -0.15) is 0 Å². The number of rotatable bonds is 5. The van der Waals surface area contributed by atoms with Gasteiger partial charge in [-0.15, -0.1) is 11.3 Å². The van der Waals surface area contributed by atoms with Crippen molar-refractivity contribution in [1.82, 2.24) is 0 Å². The summed E-state index contributed by atoms with van der Waals surface area (Å²) in [6.45, 7) is -0.574. The Bertz CT molecular complexity index is 711. The van der Waals surface area contributed by atoms with E-state index in [1.165, 1.54) is 18.2 Å². The molecule has 1 aromatic carbocycles. The van der Waals surface area contributed by atoms with E-state index in [4.69, 9.17) is 33.0 Å². The molecule has 0 aliphatic rings. The largest absolute Gasteiger partial charge is 0.506 e. The zero-order valence-corrected chi connectivity index (χ0v) is 12.6. The van der Waals surface area contributed by atoms with Crippen LogP contribution in [0.4, 0.5) is 0 Å². The predicted octanol–water partition coefficient (Wildman–Crippen LogP) is 3.45. The Balaban J connectivity index is 2.35. The summed E-state index contributed by atoms with van der Waals surface area (Å²) in [4.78, 5) is 22.9. The molecule has 2 N–H and O–H groups in total. The lowest BCUT2D eigenvalue weighted by atomic mass is 10.1. The highest BCUT2D eigenvalue weighted by Crippen LogP contribution is 2.37. The predicted molar refractivity (Wildman–Crippen MR) is 79.0 cm³/mol. The topological polar surface area (TPSA) is 83.8 Å². The minimum Gasteiger partial charge on any atom is -0.506 e. The van der Waals surface area contributed by atoms with Gasteiger partial charge in [0, 0.05) is 5.56 Å². The lowest BCUT2D eigenvalue weighted by molar-refractivity contribution is -0.139. The fourth-order valence-electron chi connectivity index (χ4n) is 1.55. The summed E-state index contributed by atoms with van der Waals surface area (Å²) in [5, 5.41) is 19.6. The second-order valence-corrected chi connectivity index (χ2v) is 5.56. The van der Waals surface area contributed by atoms with Crippen molar-refractivity contribution in [2.24, 2.45) is 0 Å². The Morgan fingerprint density at radius 1 is 1.19 bits per heavy atom. The van der Waals surface area contributed by atoms with Crippen LogP contribution in [0.25, 0.3) is 0 Å². The van der Waals surface area contributed by atoms with Crippen molar-refractivity contribution in [2.75, 3.05) is 6.61 Å². The molecule has 0 aliphatic carbocycles. The number of carboxylic acids is 1. The van der Waals surface area contributed by atoms with Crippen molar-refractivity contribution in [3.63, 3.8) is 0 Å². The first-order valence-electron chi connectivity index (χ1n) is 5.55. The molecule has 0 bridgehead atoms. The van der Waals surface area contributed by atoms with Gasteiger partial charge >= 0.3 is 5.97 Å². The van der Waals surface area contributed by atoms with Crippen LogP contribution in [0.15, 0.2) is 23.6 Å². The summed E-state index contributed by atoms with van der Waals surface area (Å²) in [5.41, 5.74) is 0.0992. The Hall–Kier alpha value is -1.76. The van der Waals surface area contributed by atoms with Gasteiger partial charge in [0.2, 0.25) is 5.78 Å². The first-order valence-corrected chi connectivity index (χ1v) is 7.19. The molecule has 1 heterocycles. The van der Waals surface area contributed by atoms with Crippen LogP contribution in [-0.2, 0) is 4.79 Å². The summed E-state index contributed by atoms with van der Waals surface area (Å²) in [5.74, 6) is -1.70. The quantitative estimate of drug-likeness (QED) is 0.810. The number of carbonyl (C=O) groups is 2. The fourth-order valence-corrected chi connectivity index (χ4v) is 2.75. The summed E-state index contributed by atoms with van der Waals surface area (Å²) >= 11 is 13.1. The molecule has 0 fully saturated rings. The van der Waals surface area contributed by atoms with Gasteiger partial charge in [-0.1, -0.05) is 23.2 Å². The third-order valence-corrected chi connectivity index (χ3v) is 4.26. The second kappa shape index (κ2) is 6.34. The summed E-state index contributed by atoms with van der Waals surface area (Å²) < 4.78 is 4.95. The Kier molecular flexibility index (Phi) is 4.72. The molecule has 0 radical (unpaired) electrons. The van der Waals surface area contributed by atoms with Crippen molar-refractivity contribution >= 4 is 46.3 Å². The van der Waals surface area contributed by atoms with E-state index in [1.807, 2.05) is 0 Å². The Morgan fingerprint density at radius 3 is 2.48 bits per heavy atom. The Morgan fingerprint density at radius 2 is 1.90 bits per heavy atom. The van der Waals surface area contributed by atoms with Crippen LogP contribution in [0.2, 0.25) is 10.0 Å². The molecule has 0 aliphatic heterocycles. The number of ketones is 1. The van der Waals surface area contributed by atoms with E-state index in [2.05, 4.69) is 0 Å². The van der Waals surface area contributed by atoms with E-state index >= 15 is 0 Å². The highest BCUT2D eigenvalue weighted by Gasteiger charge is 2.21. The van der Waals surface area contributed by atoms with E-state index in [9.17, 15) is 14.7 Å². The number of benzene rings is 1. The first-order chi connectivity index (χ1) is 9.91. The average molecular weight is 347 g/mol. The van der Waals surface area contributed by atoms with Gasteiger partial charge in [-0.3, -0.25) is 4.79 Å². The van der Waals surface area contributed by atoms with E-state index in [1.54, 1.807) is 5.38 Å². The highest BCUT2D eigenvalue weighted by atomic mass is 35.5. The number of thiophene rings is 1. The second-order valence-electron chi connectivity index (χ2n) is 3.89. The molecular formula is C13H8Cl2O5S. The molecule has 5 nitrogen and oxygen atoms in total. The smallest absolute Gasteiger partial charge is 0.341 e. The van der Waals surface area contributed by atoms with E-state index in [0.29, 0.717) is 0 Å². The third kappa shape index (κ3) is 3.29. The first kappa shape index (κ1) is 15.6. The molecule has 2 rings (SSSR count). The van der Waals surface area contributed by atoms with E-state index < -0.39 is 18.4 Å². The minimum atomic E-state index is -1.16. The van der Waals surface area contributed by atoms with Crippen molar-refractivity contribution in [2.45, 2.75) is 0 Å². The van der Waals surface area contributed by atoms with Crippen LogP contribution in [0, 0.1) is 0 Å². The van der Waals surface area contributed by atoms with Crippen LogP contribution in [0.5, 0.6) is 11.5 Å². The number of aromatic hydroxyl groups is 1. The highest BCUT2D eigenvalue weighted by molar-refractivity contribution is 7.12. The van der Waals surface area contributed by atoms with Gasteiger partial charge < -0.3 is 14.9 Å². The monoisotopic (exact) mass is 346 g/mol. The zero-order chi connectivity index (χ0) is 15.6. The molecule has 21 heavy (non-hydrogen) atoms. The number of halogens is 2. The summed E-state index contributed by atoms with van der Waals surface area (Å²) in [6, 6.07) is 4.12. The molecule has 0 spiro atoms. The molecule has 8 heteroatoms. The summed E-state index contributed by atoms with van der Waals surface area (Å²) in [6.07, 6.45) is 0.